The number of nitrogens with zero attached hydrogens (tertiary/aromatic N) is 3. The minimum Gasteiger partial charge on any atom is -0.465 e. The third kappa shape index (κ3) is 3.52. The summed E-state index contributed by atoms with van der Waals surface area (Å²) < 4.78 is 4.63. The number of halogens is 2. The number of aromatic nitrogens is 3. The monoisotopic (exact) mass is 298 g/mol. The topological polar surface area (TPSA) is 77.0 Å². The second-order valence-electron chi connectivity index (χ2n) is 3.39. The zero-order valence-electron chi connectivity index (χ0n) is 9.72. The first kappa shape index (κ1) is 13.5. The van der Waals surface area contributed by atoms with Gasteiger partial charge >= 0.3 is 5.97 Å². The molecule has 0 spiro atoms. The molecule has 1 heterocycles. The molecule has 98 valence electrons. The van der Waals surface area contributed by atoms with Gasteiger partial charge < -0.3 is 10.1 Å². The summed E-state index contributed by atoms with van der Waals surface area (Å²) in [4.78, 5) is 22.7. The maximum absolute atomic E-state index is 11.4. The zero-order valence-corrected chi connectivity index (χ0v) is 11.2. The van der Waals surface area contributed by atoms with E-state index in [1.165, 1.54) is 7.11 Å². The predicted octanol–water partition coefficient (Wildman–Crippen LogP) is 2.71. The van der Waals surface area contributed by atoms with Crippen molar-refractivity contribution in [2.75, 3.05) is 12.4 Å². The van der Waals surface area contributed by atoms with Crippen molar-refractivity contribution >= 4 is 40.8 Å². The van der Waals surface area contributed by atoms with E-state index in [-0.39, 0.29) is 16.5 Å². The minimum atomic E-state index is -0.435. The van der Waals surface area contributed by atoms with Gasteiger partial charge in [-0.1, -0.05) is 6.07 Å². The minimum absolute atomic E-state index is 0.0216. The highest BCUT2D eigenvalue weighted by Gasteiger charge is 2.07. The van der Waals surface area contributed by atoms with Crippen LogP contribution in [-0.4, -0.2) is 28.0 Å². The molecule has 0 saturated heterocycles. The number of methoxy groups -OCH3 is 1. The molecule has 0 radical (unpaired) electrons. The Morgan fingerprint density at radius 1 is 1.21 bits per heavy atom. The summed E-state index contributed by atoms with van der Waals surface area (Å²) in [6, 6.07) is 6.65. The first-order valence-corrected chi connectivity index (χ1v) is 5.86. The summed E-state index contributed by atoms with van der Waals surface area (Å²) in [6.45, 7) is 0. The fraction of sp³-hybridized carbons (Fsp3) is 0.0909. The Hall–Kier alpha value is -1.92. The van der Waals surface area contributed by atoms with Crippen LogP contribution in [0.3, 0.4) is 0 Å². The summed E-state index contributed by atoms with van der Waals surface area (Å²) in [5, 5.41) is 2.82. The van der Waals surface area contributed by atoms with Crippen LogP contribution in [0.15, 0.2) is 24.3 Å². The third-order valence-electron chi connectivity index (χ3n) is 2.12. The van der Waals surface area contributed by atoms with Crippen LogP contribution < -0.4 is 5.32 Å². The van der Waals surface area contributed by atoms with Crippen molar-refractivity contribution < 1.29 is 9.53 Å². The Morgan fingerprint density at radius 2 is 1.89 bits per heavy atom. The van der Waals surface area contributed by atoms with Gasteiger partial charge in [-0.15, -0.1) is 0 Å². The lowest BCUT2D eigenvalue weighted by Gasteiger charge is -2.06. The highest BCUT2D eigenvalue weighted by molar-refractivity contribution is 6.31. The molecule has 0 amide bonds. The van der Waals surface area contributed by atoms with Crippen LogP contribution in [0.1, 0.15) is 10.4 Å². The molecule has 2 rings (SSSR count). The van der Waals surface area contributed by atoms with Crippen LogP contribution in [0.4, 0.5) is 11.6 Å². The fourth-order valence-corrected chi connectivity index (χ4v) is 1.72. The van der Waals surface area contributed by atoms with E-state index in [4.69, 9.17) is 23.2 Å². The van der Waals surface area contributed by atoms with Gasteiger partial charge in [0.15, 0.2) is 0 Å². The smallest absolute Gasteiger partial charge is 0.337 e. The molecule has 1 aromatic carbocycles. The largest absolute Gasteiger partial charge is 0.465 e. The van der Waals surface area contributed by atoms with Crippen LogP contribution in [0.25, 0.3) is 0 Å². The standard InChI is InChI=1S/C11H8Cl2N4O2/c1-19-8(18)6-3-2-4-7(5-6)14-11-16-9(12)15-10(13)17-11/h2-5H,1H3,(H,14,15,16,17). The Kier molecular flexibility index (Phi) is 4.13. The quantitative estimate of drug-likeness (QED) is 0.878. The van der Waals surface area contributed by atoms with E-state index in [0.717, 1.165) is 0 Å². The number of carbonyl (C=O) groups excluding carboxylic acids is 1. The van der Waals surface area contributed by atoms with E-state index >= 15 is 0 Å². The Morgan fingerprint density at radius 3 is 2.53 bits per heavy atom. The van der Waals surface area contributed by atoms with Gasteiger partial charge in [0.05, 0.1) is 12.7 Å². The molecule has 19 heavy (non-hydrogen) atoms. The van der Waals surface area contributed by atoms with E-state index in [0.29, 0.717) is 11.3 Å². The van der Waals surface area contributed by atoms with Gasteiger partial charge in [-0.25, -0.2) is 4.79 Å². The Bertz CT molecular complexity index is 601. The number of anilines is 2. The van der Waals surface area contributed by atoms with Gasteiger partial charge in [0.1, 0.15) is 0 Å². The second kappa shape index (κ2) is 5.81. The van der Waals surface area contributed by atoms with E-state index in [1.807, 2.05) is 0 Å². The van der Waals surface area contributed by atoms with Gasteiger partial charge in [0.25, 0.3) is 0 Å². The highest BCUT2D eigenvalue weighted by Crippen LogP contribution is 2.17. The Balaban J connectivity index is 2.25. The van der Waals surface area contributed by atoms with E-state index in [2.05, 4.69) is 25.0 Å². The first-order valence-electron chi connectivity index (χ1n) is 5.11. The average Bonchev–Trinajstić information content (AvgIpc) is 2.37. The lowest BCUT2D eigenvalue weighted by molar-refractivity contribution is 0.0601. The molecule has 0 bridgehead atoms. The summed E-state index contributed by atoms with van der Waals surface area (Å²) in [6.07, 6.45) is 0. The van der Waals surface area contributed by atoms with E-state index in [9.17, 15) is 4.79 Å². The lowest BCUT2D eigenvalue weighted by Crippen LogP contribution is -2.03. The van der Waals surface area contributed by atoms with Crippen molar-refractivity contribution in [1.82, 2.24) is 15.0 Å². The third-order valence-corrected chi connectivity index (χ3v) is 2.46. The molecule has 1 N–H and O–H groups in total. The number of ether oxygens (including phenoxy) is 1. The average molecular weight is 299 g/mol. The molecular formula is C11H8Cl2N4O2. The lowest BCUT2D eigenvalue weighted by atomic mass is 10.2. The number of nitrogens with one attached hydrogen (secondary N) is 1. The summed E-state index contributed by atoms with van der Waals surface area (Å²) in [5.41, 5.74) is 1.000. The van der Waals surface area contributed by atoms with Crippen LogP contribution in [0, 0.1) is 0 Å². The van der Waals surface area contributed by atoms with E-state index in [1.54, 1.807) is 24.3 Å². The van der Waals surface area contributed by atoms with Gasteiger partial charge in [0.2, 0.25) is 16.5 Å². The molecule has 0 aliphatic rings. The SMILES string of the molecule is COC(=O)c1cccc(Nc2nc(Cl)nc(Cl)n2)c1. The van der Waals surface area contributed by atoms with Crippen LogP contribution in [0.5, 0.6) is 0 Å². The zero-order chi connectivity index (χ0) is 13.8. The summed E-state index contributed by atoms with van der Waals surface area (Å²) in [5.74, 6) is -0.248. The molecule has 0 unspecified atom stereocenters. The van der Waals surface area contributed by atoms with Crippen molar-refractivity contribution in [2.24, 2.45) is 0 Å². The summed E-state index contributed by atoms with van der Waals surface area (Å²) in [7, 11) is 1.31. The van der Waals surface area contributed by atoms with Crippen molar-refractivity contribution in [3.05, 3.63) is 40.4 Å². The molecule has 8 heteroatoms. The van der Waals surface area contributed by atoms with Crippen LogP contribution in [0.2, 0.25) is 10.6 Å². The van der Waals surface area contributed by atoms with Crippen LogP contribution in [-0.2, 0) is 4.74 Å². The number of rotatable bonds is 3. The maximum Gasteiger partial charge on any atom is 0.337 e. The molecular weight excluding hydrogens is 291 g/mol. The van der Waals surface area contributed by atoms with Gasteiger partial charge in [-0.3, -0.25) is 0 Å². The van der Waals surface area contributed by atoms with Crippen molar-refractivity contribution in [3.8, 4) is 0 Å². The fourth-order valence-electron chi connectivity index (χ4n) is 1.35. The molecule has 0 atom stereocenters. The van der Waals surface area contributed by atoms with Crippen LogP contribution >= 0.6 is 23.2 Å². The van der Waals surface area contributed by atoms with Crippen molar-refractivity contribution in [1.29, 1.82) is 0 Å². The Labute approximate surface area is 118 Å². The number of benzene rings is 1. The van der Waals surface area contributed by atoms with Crippen molar-refractivity contribution in [3.63, 3.8) is 0 Å². The number of hydrogen-bond donors (Lipinski definition) is 1. The molecule has 0 aliphatic carbocycles. The molecule has 0 aliphatic heterocycles. The normalized spacial score (nSPS) is 10.1. The van der Waals surface area contributed by atoms with Gasteiger partial charge in [-0.05, 0) is 41.4 Å². The first-order chi connectivity index (χ1) is 9.08. The van der Waals surface area contributed by atoms with Crippen molar-refractivity contribution in [2.45, 2.75) is 0 Å². The maximum atomic E-state index is 11.4. The van der Waals surface area contributed by atoms with Gasteiger partial charge in [-0.2, -0.15) is 15.0 Å². The molecule has 2 aromatic rings. The molecule has 0 saturated carbocycles. The highest BCUT2D eigenvalue weighted by atomic mass is 35.5. The molecule has 0 fully saturated rings. The summed E-state index contributed by atoms with van der Waals surface area (Å²) >= 11 is 11.3. The number of esters is 1. The molecule has 6 nitrogen and oxygen atoms in total. The predicted molar refractivity (Wildman–Crippen MR) is 70.9 cm³/mol. The van der Waals surface area contributed by atoms with E-state index < -0.39 is 5.97 Å². The number of carbonyl (C=O) groups is 1. The number of hydrogen-bond acceptors (Lipinski definition) is 6. The second-order valence-corrected chi connectivity index (χ2v) is 4.07. The van der Waals surface area contributed by atoms with Gasteiger partial charge in [0, 0.05) is 5.69 Å². The molecule has 1 aromatic heterocycles.